The van der Waals surface area contributed by atoms with Crippen LogP contribution in [0.1, 0.15) is 32.1 Å². The monoisotopic (exact) mass is 452 g/mol. The number of guanidine groups is 1. The van der Waals surface area contributed by atoms with Crippen LogP contribution < -0.4 is 16.0 Å². The third-order valence-electron chi connectivity index (χ3n) is 3.04. The summed E-state index contributed by atoms with van der Waals surface area (Å²) >= 11 is 1.79. The molecule has 1 aromatic heterocycles. The Morgan fingerprint density at radius 2 is 2.09 bits per heavy atom. The number of amides is 1. The number of aliphatic imine (C=N–C) groups is 1. The lowest BCUT2D eigenvalue weighted by Gasteiger charge is -2.15. The Hall–Kier alpha value is -0.830. The van der Waals surface area contributed by atoms with E-state index < -0.39 is 0 Å². The Bertz CT molecular complexity index is 451. The molecule has 3 N–H and O–H groups in total. The van der Waals surface area contributed by atoms with Gasteiger partial charge in [-0.3, -0.25) is 4.79 Å². The van der Waals surface area contributed by atoms with Crippen LogP contribution in [-0.2, 0) is 11.2 Å². The molecule has 23 heavy (non-hydrogen) atoms. The van der Waals surface area contributed by atoms with Crippen molar-refractivity contribution in [2.75, 3.05) is 26.2 Å². The second-order valence-electron chi connectivity index (χ2n) is 5.31. The lowest BCUT2D eigenvalue weighted by molar-refractivity contribution is -0.119. The number of nitrogens with zero attached hydrogens (tertiary/aromatic N) is 1. The molecule has 1 heterocycles. The van der Waals surface area contributed by atoms with Gasteiger partial charge in [0, 0.05) is 24.5 Å². The summed E-state index contributed by atoms with van der Waals surface area (Å²) < 4.78 is 0. The van der Waals surface area contributed by atoms with Crippen LogP contribution in [-0.4, -0.2) is 38.0 Å². The lowest BCUT2D eigenvalue weighted by atomic mass is 10.1. The van der Waals surface area contributed by atoms with Gasteiger partial charge in [0.2, 0.25) is 5.91 Å². The first kappa shape index (κ1) is 22.2. The summed E-state index contributed by atoms with van der Waals surface area (Å²) in [4.78, 5) is 17.3. The van der Waals surface area contributed by atoms with Crippen molar-refractivity contribution >= 4 is 47.2 Å². The Balaban J connectivity index is 0.00000484. The molecule has 0 bridgehead atoms. The number of rotatable bonds is 9. The second-order valence-corrected chi connectivity index (χ2v) is 6.35. The minimum Gasteiger partial charge on any atom is -0.357 e. The Morgan fingerprint density at radius 1 is 1.30 bits per heavy atom. The van der Waals surface area contributed by atoms with Crippen LogP contribution in [0.4, 0.5) is 0 Å². The molecular formula is C16H29IN4OS. The highest BCUT2D eigenvalue weighted by molar-refractivity contribution is 14.0. The van der Waals surface area contributed by atoms with E-state index in [0.717, 1.165) is 25.9 Å². The quantitative estimate of drug-likeness (QED) is 0.307. The van der Waals surface area contributed by atoms with E-state index in [-0.39, 0.29) is 36.4 Å². The zero-order chi connectivity index (χ0) is 16.2. The average Bonchev–Trinajstić information content (AvgIpc) is 3.00. The van der Waals surface area contributed by atoms with Crippen LogP contribution in [0.25, 0.3) is 0 Å². The van der Waals surface area contributed by atoms with Gasteiger partial charge < -0.3 is 16.0 Å². The van der Waals surface area contributed by atoms with Crippen LogP contribution in [0, 0.1) is 5.92 Å². The van der Waals surface area contributed by atoms with E-state index in [2.05, 4.69) is 45.4 Å². The first-order valence-electron chi connectivity index (χ1n) is 7.96. The van der Waals surface area contributed by atoms with Crippen molar-refractivity contribution in [2.45, 2.75) is 33.6 Å². The van der Waals surface area contributed by atoms with Gasteiger partial charge in [0.15, 0.2) is 5.96 Å². The van der Waals surface area contributed by atoms with Crippen LogP contribution in [0.15, 0.2) is 22.5 Å². The van der Waals surface area contributed by atoms with E-state index in [4.69, 9.17) is 0 Å². The predicted molar refractivity (Wildman–Crippen MR) is 110 cm³/mol. The predicted octanol–water partition coefficient (Wildman–Crippen LogP) is 2.63. The van der Waals surface area contributed by atoms with Crippen LogP contribution in [0.5, 0.6) is 0 Å². The van der Waals surface area contributed by atoms with Gasteiger partial charge in [-0.25, -0.2) is 4.99 Å². The van der Waals surface area contributed by atoms with Crippen molar-refractivity contribution in [1.29, 1.82) is 0 Å². The summed E-state index contributed by atoms with van der Waals surface area (Å²) in [5.41, 5.74) is 0. The van der Waals surface area contributed by atoms with Crippen molar-refractivity contribution in [1.82, 2.24) is 16.0 Å². The molecule has 1 aromatic rings. The van der Waals surface area contributed by atoms with E-state index in [0.29, 0.717) is 18.4 Å². The number of thiophene rings is 1. The fourth-order valence-electron chi connectivity index (χ4n) is 1.93. The molecule has 0 aromatic carbocycles. The molecule has 0 aliphatic rings. The smallest absolute Gasteiger partial charge is 0.241 e. The Labute approximate surface area is 160 Å². The SMILES string of the molecule is CCCNC(=O)CN=C(NCC)NCC(C)Cc1cccs1.I. The van der Waals surface area contributed by atoms with Gasteiger partial charge in [-0.1, -0.05) is 19.9 Å². The molecule has 0 aliphatic carbocycles. The van der Waals surface area contributed by atoms with Gasteiger partial charge in [-0.05, 0) is 37.1 Å². The maximum absolute atomic E-state index is 11.6. The molecule has 0 aliphatic heterocycles. The number of hydrogen-bond donors (Lipinski definition) is 3. The van der Waals surface area contributed by atoms with E-state index >= 15 is 0 Å². The molecule has 1 amide bonds. The topological polar surface area (TPSA) is 65.5 Å². The summed E-state index contributed by atoms with van der Waals surface area (Å²) in [6.45, 7) is 8.74. The number of halogens is 1. The second kappa shape index (κ2) is 13.6. The van der Waals surface area contributed by atoms with Gasteiger partial charge in [-0.2, -0.15) is 0 Å². The summed E-state index contributed by atoms with van der Waals surface area (Å²) in [5, 5.41) is 11.4. The normalized spacial score (nSPS) is 12.2. The highest BCUT2D eigenvalue weighted by Gasteiger charge is 2.06. The zero-order valence-corrected chi connectivity index (χ0v) is 17.4. The highest BCUT2D eigenvalue weighted by Crippen LogP contribution is 2.13. The van der Waals surface area contributed by atoms with Crippen molar-refractivity contribution in [3.05, 3.63) is 22.4 Å². The molecular weight excluding hydrogens is 423 g/mol. The van der Waals surface area contributed by atoms with Crippen molar-refractivity contribution in [2.24, 2.45) is 10.9 Å². The molecule has 1 atom stereocenters. The molecule has 0 radical (unpaired) electrons. The maximum atomic E-state index is 11.6. The molecule has 0 saturated carbocycles. The van der Waals surface area contributed by atoms with Gasteiger partial charge in [0.25, 0.3) is 0 Å². The molecule has 0 fully saturated rings. The fraction of sp³-hybridized carbons (Fsp3) is 0.625. The number of carbonyl (C=O) groups is 1. The molecule has 5 nitrogen and oxygen atoms in total. The van der Waals surface area contributed by atoms with Crippen molar-refractivity contribution < 1.29 is 4.79 Å². The zero-order valence-electron chi connectivity index (χ0n) is 14.2. The van der Waals surface area contributed by atoms with Crippen LogP contribution in [0.2, 0.25) is 0 Å². The van der Waals surface area contributed by atoms with Gasteiger partial charge in [-0.15, -0.1) is 35.3 Å². The summed E-state index contributed by atoms with van der Waals surface area (Å²) in [6, 6.07) is 4.25. The summed E-state index contributed by atoms with van der Waals surface area (Å²) in [7, 11) is 0. The molecule has 0 saturated heterocycles. The number of carbonyl (C=O) groups excluding carboxylic acids is 1. The number of nitrogens with one attached hydrogen (secondary N) is 3. The average molecular weight is 452 g/mol. The van der Waals surface area contributed by atoms with E-state index in [1.165, 1.54) is 4.88 Å². The van der Waals surface area contributed by atoms with Gasteiger partial charge >= 0.3 is 0 Å². The molecule has 7 heteroatoms. The van der Waals surface area contributed by atoms with Crippen molar-refractivity contribution in [3.63, 3.8) is 0 Å². The van der Waals surface area contributed by atoms with E-state index in [1.807, 2.05) is 13.8 Å². The molecule has 0 spiro atoms. The molecule has 1 rings (SSSR count). The van der Waals surface area contributed by atoms with E-state index in [1.54, 1.807) is 11.3 Å². The highest BCUT2D eigenvalue weighted by atomic mass is 127. The van der Waals surface area contributed by atoms with Crippen molar-refractivity contribution in [3.8, 4) is 0 Å². The first-order chi connectivity index (χ1) is 10.7. The fourth-order valence-corrected chi connectivity index (χ4v) is 2.80. The number of hydrogen-bond acceptors (Lipinski definition) is 3. The lowest BCUT2D eigenvalue weighted by Crippen LogP contribution is -2.40. The van der Waals surface area contributed by atoms with Gasteiger partial charge in [0.1, 0.15) is 6.54 Å². The maximum Gasteiger partial charge on any atom is 0.241 e. The van der Waals surface area contributed by atoms with Crippen LogP contribution in [0.3, 0.4) is 0 Å². The largest absolute Gasteiger partial charge is 0.357 e. The Morgan fingerprint density at radius 3 is 2.70 bits per heavy atom. The van der Waals surface area contributed by atoms with Crippen LogP contribution >= 0.6 is 35.3 Å². The molecule has 132 valence electrons. The minimum atomic E-state index is -0.0364. The minimum absolute atomic E-state index is 0. The summed E-state index contributed by atoms with van der Waals surface area (Å²) in [5.74, 6) is 1.18. The first-order valence-corrected chi connectivity index (χ1v) is 8.84. The third-order valence-corrected chi connectivity index (χ3v) is 3.94. The van der Waals surface area contributed by atoms with Gasteiger partial charge in [0.05, 0.1) is 0 Å². The van der Waals surface area contributed by atoms with E-state index in [9.17, 15) is 4.79 Å². The Kier molecular flexibility index (Phi) is 13.1. The summed E-state index contributed by atoms with van der Waals surface area (Å²) in [6.07, 6.45) is 2.00. The molecule has 1 unspecified atom stereocenters. The third kappa shape index (κ3) is 10.5. The standard InChI is InChI=1S/C16H28N4OS.HI/c1-4-8-18-15(21)12-20-16(17-5-2)19-11-13(3)10-14-7-6-9-22-14;/h6-7,9,13H,4-5,8,10-12H2,1-3H3,(H,18,21)(H2,17,19,20);1H.